The molecular weight excluding hydrogens is 404 g/mol. The van der Waals surface area contributed by atoms with E-state index in [1.807, 2.05) is 0 Å². The number of benzene rings is 3. The summed E-state index contributed by atoms with van der Waals surface area (Å²) < 4.78 is 30.3. The average molecular weight is 424 g/mol. The van der Waals surface area contributed by atoms with Crippen LogP contribution >= 0.6 is 0 Å². The van der Waals surface area contributed by atoms with Gasteiger partial charge in [-0.1, -0.05) is 30.3 Å². The van der Waals surface area contributed by atoms with Gasteiger partial charge in [0.25, 0.3) is 11.8 Å². The molecule has 0 aliphatic heterocycles. The summed E-state index contributed by atoms with van der Waals surface area (Å²) >= 11 is 0. The van der Waals surface area contributed by atoms with E-state index >= 15 is 0 Å². The highest BCUT2D eigenvalue weighted by molar-refractivity contribution is 7.90. The fraction of sp³-hybridized carbons (Fsp3) is 0.0909. The zero-order chi connectivity index (χ0) is 21.6. The van der Waals surface area contributed by atoms with Crippen molar-refractivity contribution in [2.24, 2.45) is 5.73 Å². The first-order chi connectivity index (χ1) is 14.3. The van der Waals surface area contributed by atoms with Crippen LogP contribution in [-0.2, 0) is 20.4 Å². The Labute approximate surface area is 174 Å². The minimum atomic E-state index is -3.51. The SMILES string of the molecule is NC(=O)COc1ccc(NC(=O)c2cccc(CS(=O)(=O)c3ccccc3)c2)cc1. The summed E-state index contributed by atoms with van der Waals surface area (Å²) in [5, 5.41) is 2.74. The van der Waals surface area contributed by atoms with Gasteiger partial charge in [-0.3, -0.25) is 9.59 Å². The van der Waals surface area contributed by atoms with Crippen LogP contribution in [0.2, 0.25) is 0 Å². The third-order valence-corrected chi connectivity index (χ3v) is 5.85. The Hall–Kier alpha value is -3.65. The van der Waals surface area contributed by atoms with E-state index in [1.54, 1.807) is 78.9 Å². The Balaban J connectivity index is 1.68. The highest BCUT2D eigenvalue weighted by atomic mass is 32.2. The molecule has 0 saturated carbocycles. The van der Waals surface area contributed by atoms with Crippen LogP contribution < -0.4 is 15.8 Å². The molecule has 8 heteroatoms. The van der Waals surface area contributed by atoms with Gasteiger partial charge >= 0.3 is 0 Å². The Kier molecular flexibility index (Phi) is 6.48. The predicted molar refractivity (Wildman–Crippen MR) is 113 cm³/mol. The molecule has 7 nitrogen and oxygen atoms in total. The minimum absolute atomic E-state index is 0.204. The molecule has 0 unspecified atom stereocenters. The fourth-order valence-electron chi connectivity index (χ4n) is 2.73. The Bertz CT molecular complexity index is 1140. The van der Waals surface area contributed by atoms with Gasteiger partial charge in [-0.2, -0.15) is 0 Å². The fourth-order valence-corrected chi connectivity index (χ4v) is 4.08. The summed E-state index contributed by atoms with van der Waals surface area (Å²) in [6.07, 6.45) is 0. The summed E-state index contributed by atoms with van der Waals surface area (Å²) in [5.41, 5.74) is 6.40. The number of carbonyl (C=O) groups excluding carboxylic acids is 2. The second-order valence-electron chi connectivity index (χ2n) is 6.51. The van der Waals surface area contributed by atoms with E-state index in [0.29, 0.717) is 22.6 Å². The number of ether oxygens (including phenoxy) is 1. The van der Waals surface area contributed by atoms with Crippen molar-refractivity contribution in [3.05, 3.63) is 90.0 Å². The molecule has 0 bridgehead atoms. The first kappa shape index (κ1) is 21.1. The van der Waals surface area contributed by atoms with Gasteiger partial charge < -0.3 is 15.8 Å². The number of hydrogen-bond acceptors (Lipinski definition) is 5. The number of rotatable bonds is 8. The number of hydrogen-bond donors (Lipinski definition) is 2. The van der Waals surface area contributed by atoms with Gasteiger partial charge in [-0.05, 0) is 54.1 Å². The van der Waals surface area contributed by atoms with Crippen LogP contribution in [-0.4, -0.2) is 26.8 Å². The van der Waals surface area contributed by atoms with Crippen LogP contribution in [0.1, 0.15) is 15.9 Å². The maximum atomic E-state index is 12.6. The monoisotopic (exact) mass is 424 g/mol. The van der Waals surface area contributed by atoms with Crippen molar-refractivity contribution < 1.29 is 22.7 Å². The molecule has 0 saturated heterocycles. The van der Waals surface area contributed by atoms with Crippen LogP contribution in [0.4, 0.5) is 5.69 Å². The van der Waals surface area contributed by atoms with E-state index < -0.39 is 15.7 Å². The molecule has 0 heterocycles. The summed E-state index contributed by atoms with van der Waals surface area (Å²) in [5.74, 6) is -0.717. The molecule has 0 aromatic heterocycles. The lowest BCUT2D eigenvalue weighted by Gasteiger charge is -2.09. The van der Waals surface area contributed by atoms with Crippen LogP contribution in [0.5, 0.6) is 5.75 Å². The molecule has 30 heavy (non-hydrogen) atoms. The van der Waals surface area contributed by atoms with Gasteiger partial charge in [0.15, 0.2) is 16.4 Å². The number of amides is 2. The molecule has 2 amide bonds. The molecule has 0 spiro atoms. The van der Waals surface area contributed by atoms with Gasteiger partial charge in [0, 0.05) is 11.3 Å². The second kappa shape index (κ2) is 9.23. The predicted octanol–water partition coefficient (Wildman–Crippen LogP) is 2.78. The largest absolute Gasteiger partial charge is 0.484 e. The summed E-state index contributed by atoms with van der Waals surface area (Å²) in [6.45, 7) is -0.232. The molecule has 3 aromatic carbocycles. The normalized spacial score (nSPS) is 10.9. The molecular formula is C22H20N2O5S. The van der Waals surface area contributed by atoms with Gasteiger partial charge in [-0.15, -0.1) is 0 Å². The molecule has 0 aliphatic rings. The van der Waals surface area contributed by atoms with Gasteiger partial charge in [0.2, 0.25) is 0 Å². The third-order valence-electron chi connectivity index (χ3n) is 4.14. The quantitative estimate of drug-likeness (QED) is 0.577. The van der Waals surface area contributed by atoms with Crippen molar-refractivity contribution >= 4 is 27.3 Å². The van der Waals surface area contributed by atoms with Crippen molar-refractivity contribution in [3.63, 3.8) is 0 Å². The van der Waals surface area contributed by atoms with Crippen LogP contribution in [0.25, 0.3) is 0 Å². The highest BCUT2D eigenvalue weighted by Gasteiger charge is 2.16. The lowest BCUT2D eigenvalue weighted by molar-refractivity contribution is -0.119. The van der Waals surface area contributed by atoms with Crippen LogP contribution in [0.15, 0.2) is 83.8 Å². The second-order valence-corrected chi connectivity index (χ2v) is 8.50. The van der Waals surface area contributed by atoms with Gasteiger partial charge in [-0.25, -0.2) is 8.42 Å². The van der Waals surface area contributed by atoms with Gasteiger partial charge in [0.1, 0.15) is 5.75 Å². The van der Waals surface area contributed by atoms with Crippen molar-refractivity contribution in [1.82, 2.24) is 0 Å². The summed E-state index contributed by atoms with van der Waals surface area (Å²) in [4.78, 5) is 23.5. The number of primary amides is 1. The lowest BCUT2D eigenvalue weighted by Crippen LogP contribution is -2.20. The molecule has 0 fully saturated rings. The Morgan fingerprint density at radius 2 is 1.60 bits per heavy atom. The zero-order valence-electron chi connectivity index (χ0n) is 15.9. The van der Waals surface area contributed by atoms with Crippen molar-refractivity contribution in [2.45, 2.75) is 10.6 Å². The highest BCUT2D eigenvalue weighted by Crippen LogP contribution is 2.19. The van der Waals surface area contributed by atoms with Crippen molar-refractivity contribution in [2.75, 3.05) is 11.9 Å². The number of carbonyl (C=O) groups is 2. The maximum Gasteiger partial charge on any atom is 0.255 e. The molecule has 3 aromatic rings. The average Bonchev–Trinajstić information content (AvgIpc) is 2.74. The van der Waals surface area contributed by atoms with Crippen molar-refractivity contribution in [3.8, 4) is 5.75 Å². The molecule has 154 valence electrons. The summed E-state index contributed by atoms with van der Waals surface area (Å²) in [6, 6.07) is 21.1. The van der Waals surface area contributed by atoms with Crippen LogP contribution in [0.3, 0.4) is 0 Å². The maximum absolute atomic E-state index is 12.6. The van der Waals surface area contributed by atoms with E-state index in [0.717, 1.165) is 0 Å². The first-order valence-corrected chi connectivity index (χ1v) is 10.7. The van der Waals surface area contributed by atoms with E-state index in [1.165, 1.54) is 0 Å². The minimum Gasteiger partial charge on any atom is -0.484 e. The molecule has 0 aliphatic carbocycles. The molecule has 0 atom stereocenters. The topological polar surface area (TPSA) is 116 Å². The van der Waals surface area contributed by atoms with Crippen molar-refractivity contribution in [1.29, 1.82) is 0 Å². The van der Waals surface area contributed by atoms with Gasteiger partial charge in [0.05, 0.1) is 10.6 Å². The van der Waals surface area contributed by atoms with E-state index in [9.17, 15) is 18.0 Å². The Morgan fingerprint density at radius 1 is 0.900 bits per heavy atom. The lowest BCUT2D eigenvalue weighted by atomic mass is 10.1. The smallest absolute Gasteiger partial charge is 0.255 e. The number of nitrogens with one attached hydrogen (secondary N) is 1. The zero-order valence-corrected chi connectivity index (χ0v) is 16.8. The third kappa shape index (κ3) is 5.68. The van der Waals surface area contributed by atoms with E-state index in [2.05, 4.69) is 5.32 Å². The standard InChI is InChI=1S/C22H20N2O5S/c23-21(25)14-29-19-11-9-18(10-12-19)24-22(26)17-6-4-5-16(13-17)15-30(27,28)20-7-2-1-3-8-20/h1-13H,14-15H2,(H2,23,25)(H,24,26). The van der Waals surface area contributed by atoms with E-state index in [-0.39, 0.29) is 23.2 Å². The molecule has 3 N–H and O–H groups in total. The number of sulfone groups is 1. The summed E-state index contributed by atoms with van der Waals surface area (Å²) in [7, 11) is -3.51. The number of anilines is 1. The number of nitrogens with two attached hydrogens (primary N) is 1. The molecule has 3 rings (SSSR count). The van der Waals surface area contributed by atoms with E-state index in [4.69, 9.17) is 10.5 Å². The molecule has 0 radical (unpaired) electrons. The Morgan fingerprint density at radius 3 is 2.27 bits per heavy atom. The van der Waals surface area contributed by atoms with Crippen LogP contribution in [0, 0.1) is 0 Å². The first-order valence-electron chi connectivity index (χ1n) is 9.03.